The van der Waals surface area contributed by atoms with Gasteiger partial charge in [0.05, 0.1) is 16.8 Å². The zero-order chi connectivity index (χ0) is 27.9. The fourth-order valence-electron chi connectivity index (χ4n) is 4.90. The molecule has 1 fully saturated rings. The second-order valence-corrected chi connectivity index (χ2v) is 9.96. The smallest absolute Gasteiger partial charge is 0.295 e. The van der Waals surface area contributed by atoms with Gasteiger partial charge in [-0.1, -0.05) is 42.5 Å². The highest BCUT2D eigenvalue weighted by Gasteiger charge is 2.36. The Bertz CT molecular complexity index is 1660. The highest BCUT2D eigenvalue weighted by Crippen LogP contribution is 2.38. The van der Waals surface area contributed by atoms with Gasteiger partial charge in [0.2, 0.25) is 5.66 Å². The van der Waals surface area contributed by atoms with Crippen molar-refractivity contribution < 1.29 is 19.2 Å². The number of hydrogen-bond acceptors (Lipinski definition) is 6. The van der Waals surface area contributed by atoms with Crippen molar-refractivity contribution in [3.8, 4) is 0 Å². The van der Waals surface area contributed by atoms with Crippen LogP contribution in [-0.4, -0.2) is 64.5 Å². The average Bonchev–Trinajstić information content (AvgIpc) is 3.60. The van der Waals surface area contributed by atoms with Gasteiger partial charge in [0.1, 0.15) is 0 Å². The first kappa shape index (κ1) is 25.2. The largest absolute Gasteiger partial charge is 0.359 e. The minimum Gasteiger partial charge on any atom is -0.359 e. The first-order valence-electron chi connectivity index (χ1n) is 13.0. The zero-order valence-corrected chi connectivity index (χ0v) is 21.8. The molecule has 0 radical (unpaired) electrons. The molecule has 40 heavy (non-hydrogen) atoms. The van der Waals surface area contributed by atoms with Gasteiger partial charge in [-0.15, -0.1) is 0 Å². The predicted molar refractivity (Wildman–Crippen MR) is 148 cm³/mol. The van der Waals surface area contributed by atoms with Gasteiger partial charge in [-0.05, 0) is 37.3 Å². The highest BCUT2D eigenvalue weighted by molar-refractivity contribution is 6.45. The van der Waals surface area contributed by atoms with Gasteiger partial charge in [0.15, 0.2) is 0 Å². The predicted octanol–water partition coefficient (Wildman–Crippen LogP) is 4.23. The van der Waals surface area contributed by atoms with E-state index >= 15 is 0 Å². The van der Waals surface area contributed by atoms with E-state index in [4.69, 9.17) is 0 Å². The number of amides is 3. The summed E-state index contributed by atoms with van der Waals surface area (Å²) in [5, 5.41) is 11.4. The molecule has 2 aliphatic heterocycles. The Kier molecular flexibility index (Phi) is 6.22. The molecule has 0 saturated carbocycles. The summed E-state index contributed by atoms with van der Waals surface area (Å²) in [5.41, 5.74) is 2.72. The topological polar surface area (TPSA) is 127 Å². The molecule has 0 atom stereocenters. The summed E-state index contributed by atoms with van der Waals surface area (Å²) in [5.74, 6) is -1.66. The van der Waals surface area contributed by atoms with Crippen LogP contribution in [0.2, 0.25) is 0 Å². The van der Waals surface area contributed by atoms with Crippen LogP contribution >= 0.6 is 0 Å². The molecule has 2 N–H and O–H groups in total. The van der Waals surface area contributed by atoms with Gasteiger partial charge in [-0.3, -0.25) is 19.2 Å². The molecule has 6 rings (SSSR count). The van der Waals surface area contributed by atoms with Gasteiger partial charge < -0.3 is 20.1 Å². The second kappa shape index (κ2) is 9.88. The van der Waals surface area contributed by atoms with E-state index in [1.54, 1.807) is 47.4 Å². The summed E-state index contributed by atoms with van der Waals surface area (Å²) in [6.45, 7) is 3.13. The molecule has 2 aliphatic rings. The lowest BCUT2D eigenvalue weighted by atomic mass is 10.0. The number of fused-ring (bicyclic) bond motifs is 1. The molecular weight excluding hydrogens is 508 g/mol. The Labute approximate surface area is 229 Å². The Morgan fingerprint density at radius 3 is 2.15 bits per heavy atom. The van der Waals surface area contributed by atoms with Crippen molar-refractivity contribution in [2.45, 2.75) is 12.6 Å². The highest BCUT2D eigenvalue weighted by atomic mass is 16.2. The van der Waals surface area contributed by atoms with Crippen LogP contribution < -0.4 is 5.32 Å². The molecule has 3 amide bonds. The molecule has 10 nitrogen and oxygen atoms in total. The van der Waals surface area contributed by atoms with Gasteiger partial charge in [-0.25, -0.2) is 0 Å². The molecule has 4 aromatic rings. The number of nitrogens with one attached hydrogen (secondary N) is 2. The van der Waals surface area contributed by atoms with Crippen LogP contribution in [0.25, 0.3) is 10.9 Å². The number of Topliss-reactive ketones (excluding diaryl/α,β-unsaturated/α-hetero) is 1. The van der Waals surface area contributed by atoms with E-state index in [1.807, 2.05) is 37.3 Å². The normalized spacial score (nSPS) is 15.6. The maximum absolute atomic E-state index is 13.2. The SMILES string of the molecule is CC1(c2ccc(C(=O)Nc3cccc4c(C(=O)C(=O)N5CCN(C(=O)c6ccccc6)CC5)c[nH]c34)cc2)N=N1. The van der Waals surface area contributed by atoms with Crippen LogP contribution in [0.3, 0.4) is 0 Å². The van der Waals surface area contributed by atoms with Crippen LogP contribution in [-0.2, 0) is 10.5 Å². The summed E-state index contributed by atoms with van der Waals surface area (Å²) in [6.07, 6.45) is 1.49. The monoisotopic (exact) mass is 534 g/mol. The third-order valence-corrected chi connectivity index (χ3v) is 7.37. The van der Waals surface area contributed by atoms with Crippen LogP contribution in [0.4, 0.5) is 5.69 Å². The number of piperazine rings is 1. The number of aromatic amines is 1. The second-order valence-electron chi connectivity index (χ2n) is 9.96. The van der Waals surface area contributed by atoms with Gasteiger partial charge in [0.25, 0.3) is 23.5 Å². The van der Waals surface area contributed by atoms with Crippen molar-refractivity contribution in [2.75, 3.05) is 31.5 Å². The lowest BCUT2D eigenvalue weighted by molar-refractivity contribution is -0.127. The third-order valence-electron chi connectivity index (χ3n) is 7.37. The molecule has 1 saturated heterocycles. The molecular formula is C30H26N6O4. The van der Waals surface area contributed by atoms with E-state index in [0.717, 1.165) is 5.56 Å². The molecule has 0 bridgehead atoms. The first-order chi connectivity index (χ1) is 19.3. The van der Waals surface area contributed by atoms with E-state index < -0.39 is 17.4 Å². The summed E-state index contributed by atoms with van der Waals surface area (Å²) in [6, 6.07) is 21.3. The Morgan fingerprint density at radius 1 is 0.800 bits per heavy atom. The number of carbonyl (C=O) groups is 4. The fourth-order valence-corrected chi connectivity index (χ4v) is 4.90. The molecule has 0 aliphatic carbocycles. The number of ketones is 1. The van der Waals surface area contributed by atoms with Crippen LogP contribution in [0, 0.1) is 0 Å². The number of benzene rings is 3. The number of para-hydroxylation sites is 1. The van der Waals surface area contributed by atoms with Crippen LogP contribution in [0.1, 0.15) is 43.6 Å². The van der Waals surface area contributed by atoms with Crippen LogP contribution in [0.15, 0.2) is 89.2 Å². The summed E-state index contributed by atoms with van der Waals surface area (Å²) >= 11 is 0. The van der Waals surface area contributed by atoms with Gasteiger partial charge in [-0.2, -0.15) is 10.2 Å². The zero-order valence-electron chi connectivity index (χ0n) is 21.8. The van der Waals surface area contributed by atoms with Gasteiger partial charge in [0, 0.05) is 54.5 Å². The molecule has 200 valence electrons. The Hall–Kier alpha value is -5.12. The number of nitrogens with zero attached hydrogens (tertiary/aromatic N) is 4. The van der Waals surface area contributed by atoms with E-state index in [2.05, 4.69) is 20.5 Å². The van der Waals surface area contributed by atoms with Crippen molar-refractivity contribution >= 4 is 40.1 Å². The Balaban J connectivity index is 1.13. The maximum Gasteiger partial charge on any atom is 0.295 e. The van der Waals surface area contributed by atoms with E-state index in [0.29, 0.717) is 40.8 Å². The maximum atomic E-state index is 13.2. The molecule has 0 unspecified atom stereocenters. The number of rotatable bonds is 6. The quantitative estimate of drug-likeness (QED) is 0.284. The number of aromatic nitrogens is 1. The first-order valence-corrected chi connectivity index (χ1v) is 13.0. The molecule has 1 aromatic heterocycles. The number of hydrogen-bond donors (Lipinski definition) is 2. The number of H-pyrrole nitrogens is 1. The standard InChI is InChI=1S/C30H26N6O4/c1-30(33-34-30)21-12-10-19(11-13-21)27(38)32-24-9-5-8-22-23(18-31-25(22)24)26(37)29(40)36-16-14-35(15-17-36)28(39)20-6-3-2-4-7-20/h2-13,18,31H,14-17H2,1H3,(H,32,38). The lowest BCUT2D eigenvalue weighted by Gasteiger charge is -2.34. The third kappa shape index (κ3) is 4.64. The van der Waals surface area contributed by atoms with E-state index in [-0.39, 0.29) is 30.5 Å². The van der Waals surface area contributed by atoms with E-state index in [1.165, 1.54) is 11.1 Å². The van der Waals surface area contributed by atoms with Crippen molar-refractivity contribution in [3.63, 3.8) is 0 Å². The minimum atomic E-state index is -0.641. The van der Waals surface area contributed by atoms with Crippen molar-refractivity contribution in [1.29, 1.82) is 0 Å². The number of carbonyl (C=O) groups excluding carboxylic acids is 4. The summed E-state index contributed by atoms with van der Waals surface area (Å²) in [7, 11) is 0. The minimum absolute atomic E-state index is 0.0932. The molecule has 10 heteroatoms. The van der Waals surface area contributed by atoms with Crippen LogP contribution in [0.5, 0.6) is 0 Å². The Morgan fingerprint density at radius 2 is 1.48 bits per heavy atom. The average molecular weight is 535 g/mol. The molecule has 3 heterocycles. The summed E-state index contributed by atoms with van der Waals surface area (Å²) in [4.78, 5) is 58.2. The summed E-state index contributed by atoms with van der Waals surface area (Å²) < 4.78 is 0. The van der Waals surface area contributed by atoms with Crippen molar-refractivity contribution in [2.24, 2.45) is 10.2 Å². The van der Waals surface area contributed by atoms with Crippen molar-refractivity contribution in [1.82, 2.24) is 14.8 Å². The van der Waals surface area contributed by atoms with E-state index in [9.17, 15) is 19.2 Å². The van der Waals surface area contributed by atoms with Crippen molar-refractivity contribution in [3.05, 3.63) is 101 Å². The fraction of sp³-hybridized carbons (Fsp3) is 0.200. The van der Waals surface area contributed by atoms with Gasteiger partial charge >= 0.3 is 0 Å². The number of anilines is 1. The molecule has 3 aromatic carbocycles. The lowest BCUT2D eigenvalue weighted by Crippen LogP contribution is -2.52. The molecule has 0 spiro atoms.